The minimum absolute atomic E-state index is 0.114. The van der Waals surface area contributed by atoms with E-state index in [4.69, 9.17) is 4.74 Å². The molecule has 2 unspecified atom stereocenters. The van der Waals surface area contributed by atoms with Crippen molar-refractivity contribution in [3.05, 3.63) is 35.9 Å². The van der Waals surface area contributed by atoms with E-state index in [9.17, 15) is 4.79 Å². The van der Waals surface area contributed by atoms with Crippen LogP contribution in [-0.4, -0.2) is 36.1 Å². The number of hydrogen-bond donors (Lipinski definition) is 0. The number of nitrogens with zero attached hydrogens (tertiary/aromatic N) is 1. The first-order chi connectivity index (χ1) is 9.70. The predicted octanol–water partition coefficient (Wildman–Crippen LogP) is 2.65. The molecule has 2 aliphatic rings. The molecular formula is C17H23NO2. The van der Waals surface area contributed by atoms with E-state index in [-0.39, 0.29) is 11.5 Å². The molecule has 108 valence electrons. The van der Waals surface area contributed by atoms with Crippen molar-refractivity contribution >= 4 is 5.91 Å². The lowest BCUT2D eigenvalue weighted by molar-refractivity contribution is -0.131. The molecule has 0 radical (unpaired) electrons. The lowest BCUT2D eigenvalue weighted by Gasteiger charge is -2.36. The van der Waals surface area contributed by atoms with E-state index < -0.39 is 0 Å². The molecule has 2 heterocycles. The summed E-state index contributed by atoms with van der Waals surface area (Å²) in [5.74, 6) is 0.720. The molecule has 2 fully saturated rings. The molecule has 3 rings (SSSR count). The van der Waals surface area contributed by atoms with E-state index in [1.807, 2.05) is 4.90 Å². The Morgan fingerprint density at radius 2 is 2.15 bits per heavy atom. The maximum atomic E-state index is 11.6. The third-order valence-corrected chi connectivity index (χ3v) is 4.81. The highest BCUT2D eigenvalue weighted by Crippen LogP contribution is 2.44. The van der Waals surface area contributed by atoms with Crippen LogP contribution in [0, 0.1) is 5.92 Å². The van der Waals surface area contributed by atoms with Crippen molar-refractivity contribution in [2.24, 2.45) is 5.92 Å². The highest BCUT2D eigenvalue weighted by Gasteiger charge is 2.53. The standard InChI is InChI=1S/C17H23NO2/c1-14(19)18-11-10-17(13-20-17)16(12-18)9-5-8-15-6-3-2-4-7-15/h2-4,6-7,16H,5,8-13H2,1H3. The molecule has 3 nitrogen and oxygen atoms in total. The average molecular weight is 273 g/mol. The van der Waals surface area contributed by atoms with E-state index in [2.05, 4.69) is 30.3 Å². The molecule has 1 aromatic carbocycles. The van der Waals surface area contributed by atoms with Gasteiger partial charge in [0.2, 0.25) is 5.91 Å². The Kier molecular flexibility index (Phi) is 3.79. The summed E-state index contributed by atoms with van der Waals surface area (Å²) in [7, 11) is 0. The highest BCUT2D eigenvalue weighted by molar-refractivity contribution is 5.73. The number of ether oxygens (including phenoxy) is 1. The van der Waals surface area contributed by atoms with Crippen molar-refractivity contribution in [1.82, 2.24) is 4.90 Å². The summed E-state index contributed by atoms with van der Waals surface area (Å²) in [5, 5.41) is 0. The minimum atomic E-state index is 0.114. The topological polar surface area (TPSA) is 32.8 Å². The van der Waals surface area contributed by atoms with Crippen molar-refractivity contribution < 1.29 is 9.53 Å². The lowest BCUT2D eigenvalue weighted by Crippen LogP contribution is -2.47. The van der Waals surface area contributed by atoms with E-state index in [1.165, 1.54) is 12.0 Å². The quantitative estimate of drug-likeness (QED) is 0.790. The number of likely N-dealkylation sites (tertiary alicyclic amines) is 1. The molecule has 0 bridgehead atoms. The van der Waals surface area contributed by atoms with Gasteiger partial charge < -0.3 is 9.64 Å². The lowest BCUT2D eigenvalue weighted by atomic mass is 9.82. The Balaban J connectivity index is 1.53. The highest BCUT2D eigenvalue weighted by atomic mass is 16.6. The minimum Gasteiger partial charge on any atom is -0.369 e. The summed E-state index contributed by atoms with van der Waals surface area (Å²) in [6, 6.07) is 10.6. The number of rotatable bonds is 4. The molecule has 0 aromatic heterocycles. The molecular weight excluding hydrogens is 250 g/mol. The zero-order chi connectivity index (χ0) is 14.0. The number of piperidine rings is 1. The van der Waals surface area contributed by atoms with Gasteiger partial charge in [-0.2, -0.15) is 0 Å². The second-order valence-electron chi connectivity index (χ2n) is 6.14. The Bertz CT molecular complexity index is 467. The maximum absolute atomic E-state index is 11.6. The molecule has 0 N–H and O–H groups in total. The molecule has 2 saturated heterocycles. The van der Waals surface area contributed by atoms with Gasteiger partial charge in [-0.15, -0.1) is 0 Å². The smallest absolute Gasteiger partial charge is 0.219 e. The van der Waals surface area contributed by atoms with E-state index in [1.54, 1.807) is 6.92 Å². The number of aryl methyl sites for hydroxylation is 1. The van der Waals surface area contributed by atoms with Crippen molar-refractivity contribution in [2.45, 2.75) is 38.2 Å². The van der Waals surface area contributed by atoms with Crippen LogP contribution in [0.5, 0.6) is 0 Å². The van der Waals surface area contributed by atoms with Crippen molar-refractivity contribution in [2.75, 3.05) is 19.7 Å². The molecule has 20 heavy (non-hydrogen) atoms. The number of carbonyl (C=O) groups is 1. The number of carbonyl (C=O) groups excluding carboxylic acids is 1. The second-order valence-corrected chi connectivity index (χ2v) is 6.14. The summed E-state index contributed by atoms with van der Waals surface area (Å²) in [6.07, 6.45) is 4.46. The van der Waals surface area contributed by atoms with Gasteiger partial charge in [-0.1, -0.05) is 30.3 Å². The molecule has 2 aliphatic heterocycles. The summed E-state index contributed by atoms with van der Waals surface area (Å²) in [4.78, 5) is 13.5. The van der Waals surface area contributed by atoms with Gasteiger partial charge in [-0.3, -0.25) is 4.79 Å². The van der Waals surface area contributed by atoms with Crippen molar-refractivity contribution in [1.29, 1.82) is 0 Å². The van der Waals surface area contributed by atoms with Crippen LogP contribution in [0.2, 0.25) is 0 Å². The predicted molar refractivity (Wildman–Crippen MR) is 78.4 cm³/mol. The fourth-order valence-corrected chi connectivity index (χ4v) is 3.36. The molecule has 0 aliphatic carbocycles. The zero-order valence-corrected chi connectivity index (χ0v) is 12.2. The molecule has 1 amide bonds. The van der Waals surface area contributed by atoms with Gasteiger partial charge in [-0.05, 0) is 31.2 Å². The van der Waals surface area contributed by atoms with E-state index in [0.29, 0.717) is 5.92 Å². The van der Waals surface area contributed by atoms with E-state index in [0.717, 1.165) is 39.0 Å². The van der Waals surface area contributed by atoms with Gasteiger partial charge >= 0.3 is 0 Å². The number of benzene rings is 1. The van der Waals surface area contributed by atoms with Crippen LogP contribution in [0.4, 0.5) is 0 Å². The SMILES string of the molecule is CC(=O)N1CCC2(CO2)C(CCCc2ccccc2)C1. The Morgan fingerprint density at radius 3 is 2.80 bits per heavy atom. The normalized spacial score (nSPS) is 28.6. The van der Waals surface area contributed by atoms with Crippen molar-refractivity contribution in [3.8, 4) is 0 Å². The molecule has 0 saturated carbocycles. The summed E-state index contributed by atoms with van der Waals surface area (Å²) in [6.45, 7) is 4.32. The van der Waals surface area contributed by atoms with Crippen LogP contribution in [0.3, 0.4) is 0 Å². The number of hydrogen-bond acceptors (Lipinski definition) is 2. The van der Waals surface area contributed by atoms with Crippen LogP contribution < -0.4 is 0 Å². The van der Waals surface area contributed by atoms with Crippen LogP contribution in [0.15, 0.2) is 30.3 Å². The van der Waals surface area contributed by atoms with Crippen LogP contribution in [0.1, 0.15) is 31.7 Å². The van der Waals surface area contributed by atoms with Gasteiger partial charge in [0.1, 0.15) is 0 Å². The number of amides is 1. The van der Waals surface area contributed by atoms with Crippen molar-refractivity contribution in [3.63, 3.8) is 0 Å². The Hall–Kier alpha value is -1.35. The largest absolute Gasteiger partial charge is 0.369 e. The molecule has 3 heteroatoms. The van der Waals surface area contributed by atoms with Gasteiger partial charge in [0, 0.05) is 25.9 Å². The van der Waals surface area contributed by atoms with Gasteiger partial charge in [0.05, 0.1) is 12.2 Å². The molecule has 1 spiro atoms. The van der Waals surface area contributed by atoms with Crippen LogP contribution >= 0.6 is 0 Å². The third-order valence-electron chi connectivity index (χ3n) is 4.81. The Morgan fingerprint density at radius 1 is 1.40 bits per heavy atom. The average Bonchev–Trinajstić information content (AvgIpc) is 3.22. The maximum Gasteiger partial charge on any atom is 0.219 e. The fourth-order valence-electron chi connectivity index (χ4n) is 3.36. The van der Waals surface area contributed by atoms with Gasteiger partial charge in [0.25, 0.3) is 0 Å². The fraction of sp³-hybridized carbons (Fsp3) is 0.588. The first-order valence-corrected chi connectivity index (χ1v) is 7.63. The molecule has 2 atom stereocenters. The van der Waals surface area contributed by atoms with E-state index >= 15 is 0 Å². The van der Waals surface area contributed by atoms with Crippen LogP contribution in [0.25, 0.3) is 0 Å². The summed E-state index contributed by atoms with van der Waals surface area (Å²) >= 11 is 0. The monoisotopic (exact) mass is 273 g/mol. The second kappa shape index (κ2) is 5.57. The third kappa shape index (κ3) is 2.88. The van der Waals surface area contributed by atoms with Crippen LogP contribution in [-0.2, 0) is 16.0 Å². The zero-order valence-electron chi connectivity index (χ0n) is 12.2. The van der Waals surface area contributed by atoms with Gasteiger partial charge in [0.15, 0.2) is 0 Å². The first-order valence-electron chi connectivity index (χ1n) is 7.63. The number of epoxide rings is 1. The molecule has 1 aromatic rings. The first kappa shape index (κ1) is 13.6. The Labute approximate surface area is 120 Å². The summed E-state index contributed by atoms with van der Waals surface area (Å²) in [5.41, 5.74) is 1.51. The summed E-state index contributed by atoms with van der Waals surface area (Å²) < 4.78 is 5.74. The van der Waals surface area contributed by atoms with Gasteiger partial charge in [-0.25, -0.2) is 0 Å².